The van der Waals surface area contributed by atoms with Crippen LogP contribution in [0.2, 0.25) is 5.15 Å². The summed E-state index contributed by atoms with van der Waals surface area (Å²) in [6.07, 6.45) is -3.55. The summed E-state index contributed by atoms with van der Waals surface area (Å²) in [5.74, 6) is 0.152. The van der Waals surface area contributed by atoms with Gasteiger partial charge in [-0.25, -0.2) is 4.98 Å². The van der Waals surface area contributed by atoms with Gasteiger partial charge in [0.2, 0.25) is 0 Å². The van der Waals surface area contributed by atoms with Crippen molar-refractivity contribution in [3.8, 4) is 0 Å². The first kappa shape index (κ1) is 15.6. The van der Waals surface area contributed by atoms with Gasteiger partial charge in [-0.05, 0) is 36.2 Å². The quantitative estimate of drug-likeness (QED) is 0.734. The summed E-state index contributed by atoms with van der Waals surface area (Å²) in [7, 11) is 1.65. The zero-order chi connectivity index (χ0) is 15.6. The molecular weight excluding hydrogens is 301 g/mol. The minimum atomic E-state index is -4.45. The normalized spacial score (nSPS) is 11.5. The van der Waals surface area contributed by atoms with Gasteiger partial charge in [0.25, 0.3) is 0 Å². The largest absolute Gasteiger partial charge is 0.416 e. The number of anilines is 2. The molecule has 0 bridgehead atoms. The second-order valence-electron chi connectivity index (χ2n) is 4.61. The summed E-state index contributed by atoms with van der Waals surface area (Å²) in [6.45, 7) is 2.03. The van der Waals surface area contributed by atoms with Crippen LogP contribution in [0.15, 0.2) is 36.4 Å². The number of rotatable bonds is 3. The number of hydrogen-bond donors (Lipinski definition) is 0. The van der Waals surface area contributed by atoms with Crippen molar-refractivity contribution in [2.75, 3.05) is 11.9 Å². The zero-order valence-electron chi connectivity index (χ0n) is 11.6. The van der Waals surface area contributed by atoms with Crippen molar-refractivity contribution in [2.24, 2.45) is 0 Å². The molecule has 2 aromatic rings. The van der Waals surface area contributed by atoms with E-state index in [9.17, 15) is 13.2 Å². The van der Waals surface area contributed by atoms with Gasteiger partial charge in [-0.3, -0.25) is 0 Å². The number of aryl methyl sites for hydroxylation is 1. The smallest absolute Gasteiger partial charge is 0.329 e. The van der Waals surface area contributed by atoms with Crippen LogP contribution in [0.1, 0.15) is 18.1 Å². The SMILES string of the molecule is CCc1ccc(N(C)c2cc(C(F)(F)F)cc(Cl)n2)cc1. The van der Waals surface area contributed by atoms with Gasteiger partial charge >= 0.3 is 6.18 Å². The van der Waals surface area contributed by atoms with Gasteiger partial charge in [0, 0.05) is 12.7 Å². The molecule has 1 aromatic carbocycles. The monoisotopic (exact) mass is 314 g/mol. The molecule has 0 radical (unpaired) electrons. The fourth-order valence-electron chi connectivity index (χ4n) is 1.91. The number of nitrogens with zero attached hydrogens (tertiary/aromatic N) is 2. The molecule has 0 aliphatic rings. The lowest BCUT2D eigenvalue weighted by Crippen LogP contribution is -2.14. The summed E-state index contributed by atoms with van der Waals surface area (Å²) in [6, 6.07) is 9.35. The van der Waals surface area contributed by atoms with Gasteiger partial charge in [-0.2, -0.15) is 13.2 Å². The molecule has 1 aromatic heterocycles. The third-order valence-corrected chi connectivity index (χ3v) is 3.38. The molecule has 0 fully saturated rings. The molecule has 112 valence electrons. The lowest BCUT2D eigenvalue weighted by atomic mass is 10.1. The van der Waals surface area contributed by atoms with E-state index >= 15 is 0 Å². The van der Waals surface area contributed by atoms with Crippen molar-refractivity contribution < 1.29 is 13.2 Å². The molecule has 6 heteroatoms. The van der Waals surface area contributed by atoms with Crippen molar-refractivity contribution in [1.82, 2.24) is 4.98 Å². The van der Waals surface area contributed by atoms with Crippen LogP contribution in [0.4, 0.5) is 24.7 Å². The van der Waals surface area contributed by atoms with Crippen LogP contribution in [0.3, 0.4) is 0 Å². The summed E-state index contributed by atoms with van der Waals surface area (Å²) in [5, 5.41) is -0.183. The van der Waals surface area contributed by atoms with Gasteiger partial charge in [0.05, 0.1) is 5.56 Å². The van der Waals surface area contributed by atoms with Crippen molar-refractivity contribution in [3.05, 3.63) is 52.7 Å². The first-order valence-electron chi connectivity index (χ1n) is 6.38. The van der Waals surface area contributed by atoms with Gasteiger partial charge in [-0.15, -0.1) is 0 Å². The van der Waals surface area contributed by atoms with Crippen LogP contribution in [0.25, 0.3) is 0 Å². The molecule has 0 saturated carbocycles. The van der Waals surface area contributed by atoms with Crippen LogP contribution in [-0.4, -0.2) is 12.0 Å². The number of aromatic nitrogens is 1. The first-order valence-corrected chi connectivity index (χ1v) is 6.76. The molecule has 0 saturated heterocycles. The van der Waals surface area contributed by atoms with Gasteiger partial charge in [0.15, 0.2) is 0 Å². The molecule has 0 spiro atoms. The van der Waals surface area contributed by atoms with E-state index in [1.54, 1.807) is 11.9 Å². The standard InChI is InChI=1S/C15H14ClF3N2/c1-3-10-4-6-12(7-5-10)21(2)14-9-11(15(17,18)19)8-13(16)20-14/h4-9H,3H2,1-2H3. The Morgan fingerprint density at radius 1 is 1.14 bits per heavy atom. The highest BCUT2D eigenvalue weighted by molar-refractivity contribution is 6.29. The molecule has 2 rings (SSSR count). The van der Waals surface area contributed by atoms with E-state index in [0.717, 1.165) is 29.8 Å². The highest BCUT2D eigenvalue weighted by atomic mass is 35.5. The van der Waals surface area contributed by atoms with Gasteiger partial charge in [0.1, 0.15) is 11.0 Å². The Kier molecular flexibility index (Phi) is 4.42. The molecule has 0 aliphatic heterocycles. The summed E-state index contributed by atoms with van der Waals surface area (Å²) < 4.78 is 38.4. The average Bonchev–Trinajstić information content (AvgIpc) is 2.45. The molecule has 2 nitrogen and oxygen atoms in total. The Morgan fingerprint density at radius 3 is 2.29 bits per heavy atom. The lowest BCUT2D eigenvalue weighted by Gasteiger charge is -2.20. The van der Waals surface area contributed by atoms with E-state index in [1.807, 2.05) is 31.2 Å². The van der Waals surface area contributed by atoms with Gasteiger partial charge < -0.3 is 4.90 Å². The topological polar surface area (TPSA) is 16.1 Å². The third-order valence-electron chi connectivity index (χ3n) is 3.18. The van der Waals surface area contributed by atoms with Crippen LogP contribution < -0.4 is 4.90 Å². The Morgan fingerprint density at radius 2 is 1.76 bits per heavy atom. The zero-order valence-corrected chi connectivity index (χ0v) is 12.3. The molecule has 0 unspecified atom stereocenters. The predicted molar refractivity (Wildman–Crippen MR) is 78.1 cm³/mol. The van der Waals surface area contributed by atoms with E-state index in [0.29, 0.717) is 0 Å². The third kappa shape index (κ3) is 3.67. The Labute approximate surface area is 126 Å². The molecule has 0 atom stereocenters. The lowest BCUT2D eigenvalue weighted by molar-refractivity contribution is -0.137. The summed E-state index contributed by atoms with van der Waals surface area (Å²) >= 11 is 5.70. The van der Waals surface area contributed by atoms with E-state index in [1.165, 1.54) is 0 Å². The fraction of sp³-hybridized carbons (Fsp3) is 0.267. The second-order valence-corrected chi connectivity index (χ2v) is 5.00. The minimum absolute atomic E-state index is 0.152. The molecule has 21 heavy (non-hydrogen) atoms. The van der Waals surface area contributed by atoms with E-state index < -0.39 is 11.7 Å². The van der Waals surface area contributed by atoms with Crippen molar-refractivity contribution >= 4 is 23.1 Å². The van der Waals surface area contributed by atoms with Crippen LogP contribution in [0, 0.1) is 0 Å². The van der Waals surface area contributed by atoms with E-state index in [-0.39, 0.29) is 11.0 Å². The van der Waals surface area contributed by atoms with Crippen LogP contribution in [-0.2, 0) is 12.6 Å². The first-order chi connectivity index (χ1) is 9.81. The number of pyridine rings is 1. The number of halogens is 4. The molecule has 0 amide bonds. The Bertz CT molecular complexity index is 624. The molecule has 0 N–H and O–H groups in total. The maximum absolute atomic E-state index is 12.8. The van der Waals surface area contributed by atoms with Crippen molar-refractivity contribution in [2.45, 2.75) is 19.5 Å². The summed E-state index contributed by atoms with van der Waals surface area (Å²) in [5.41, 5.74) is 1.09. The average molecular weight is 315 g/mol. The fourth-order valence-corrected chi connectivity index (χ4v) is 2.11. The summed E-state index contributed by atoms with van der Waals surface area (Å²) in [4.78, 5) is 5.53. The molecule has 0 aliphatic carbocycles. The van der Waals surface area contributed by atoms with E-state index in [4.69, 9.17) is 11.6 Å². The second kappa shape index (κ2) is 5.93. The highest BCUT2D eigenvalue weighted by Crippen LogP contribution is 2.34. The van der Waals surface area contributed by atoms with E-state index in [2.05, 4.69) is 4.98 Å². The number of alkyl halides is 3. The minimum Gasteiger partial charge on any atom is -0.329 e. The highest BCUT2D eigenvalue weighted by Gasteiger charge is 2.32. The Hall–Kier alpha value is -1.75. The van der Waals surface area contributed by atoms with Crippen molar-refractivity contribution in [1.29, 1.82) is 0 Å². The number of hydrogen-bond acceptors (Lipinski definition) is 2. The maximum Gasteiger partial charge on any atom is 0.416 e. The maximum atomic E-state index is 12.8. The Balaban J connectivity index is 2.38. The van der Waals surface area contributed by atoms with Gasteiger partial charge in [-0.1, -0.05) is 30.7 Å². The van der Waals surface area contributed by atoms with Crippen LogP contribution in [0.5, 0.6) is 0 Å². The predicted octanol–water partition coefficient (Wildman–Crippen LogP) is 5.08. The number of benzene rings is 1. The van der Waals surface area contributed by atoms with Crippen LogP contribution >= 0.6 is 11.6 Å². The van der Waals surface area contributed by atoms with Crippen molar-refractivity contribution in [3.63, 3.8) is 0 Å². The molecular formula is C15H14ClF3N2. The molecule has 1 heterocycles.